The third-order valence-electron chi connectivity index (χ3n) is 21.9. The molecule has 1 spiro atoms. The van der Waals surface area contributed by atoms with Crippen molar-refractivity contribution in [1.82, 2.24) is 55.6 Å². The van der Waals surface area contributed by atoms with E-state index in [0.29, 0.717) is 199 Å². The molecule has 133 heavy (non-hydrogen) atoms. The standard InChI is InChI=1S/C88H119N13O29S3/c1-98(115-3)80(105)20-17-73(94-79(104)6-4-21-89-81(106)67-55-60(8-19-76(67)114-2)92-83(108)74-58-100-27-52-132-86(100)95-74)82(107)90-22-28-116-32-36-120-41-44-124-46-48-126-50-51-127-49-47-125-45-43-122-38-34-118-30-25-99(24-5-53-133(111,112)113)87(110)128-59-68-64-11-16-72-75(18-12-65(64)68)101(97-96-72)26-31-119-35-39-123-42-40-121-37-33-117-29-23-91-85(131)93-61-7-13-69-66(54-61)84(109)130-88(69)70-14-9-62(102)56-77(70)129-78-57-63(103)10-15-71(78)88/h7-10,13-15,19,27,52,54-58,64-65,68,73,102-103H,4-6,11-12,16-18,20-26,28-51,53,59H2,1-3H3,(H,89,106)(H,90,107)(H,92,108)(H,94,104)(H2,91,93,131)(H,111,112,113)/t64-,65+,68+,73-/m0/s1. The fourth-order valence-corrected chi connectivity index (χ4v) is 16.6. The topological polar surface area (TPSA) is 498 Å². The lowest BCUT2D eigenvalue weighted by Crippen LogP contribution is -2.48. The second kappa shape index (κ2) is 54.2. The van der Waals surface area contributed by atoms with E-state index < -0.39 is 69.1 Å². The first-order valence-corrected chi connectivity index (χ1v) is 47.0. The number of aromatic nitrogens is 5. The molecule has 0 bridgehead atoms. The van der Waals surface area contributed by atoms with Crippen LogP contribution in [0.2, 0.25) is 0 Å². The molecule has 1 fully saturated rings. The lowest BCUT2D eigenvalue weighted by Gasteiger charge is -2.36. The van der Waals surface area contributed by atoms with Crippen LogP contribution in [0.4, 0.5) is 16.2 Å². The van der Waals surface area contributed by atoms with Gasteiger partial charge in [-0.3, -0.25) is 37.8 Å². The van der Waals surface area contributed by atoms with Crippen molar-refractivity contribution in [3.05, 3.63) is 135 Å². The minimum absolute atomic E-state index is 0.0102. The zero-order chi connectivity index (χ0) is 94.2. The number of hydrogen-bond donors (Lipinski definition) is 9. The number of thiocarbonyl (C=S) groups is 1. The van der Waals surface area contributed by atoms with E-state index in [2.05, 4.69) is 47.2 Å². The molecule has 2 aliphatic carbocycles. The third kappa shape index (κ3) is 32.4. The highest BCUT2D eigenvalue weighted by atomic mass is 32.2. The maximum absolute atomic E-state index is 13.5. The first-order chi connectivity index (χ1) is 64.6. The number of imidazole rings is 1. The molecular weight excluding hydrogens is 1800 g/mol. The molecule has 0 saturated heterocycles. The van der Waals surface area contributed by atoms with Gasteiger partial charge in [-0.25, -0.2) is 24.3 Å². The van der Waals surface area contributed by atoms with Crippen molar-refractivity contribution < 1.29 is 137 Å². The van der Waals surface area contributed by atoms with Crippen molar-refractivity contribution >= 4 is 96.7 Å². The van der Waals surface area contributed by atoms with Crippen LogP contribution < -0.4 is 41.4 Å². The number of carbonyl (C=O) groups is 7. The van der Waals surface area contributed by atoms with E-state index in [1.807, 2.05) is 10.1 Å². The zero-order valence-corrected chi connectivity index (χ0v) is 77.2. The summed E-state index contributed by atoms with van der Waals surface area (Å²) in [5, 5.41) is 49.7. The van der Waals surface area contributed by atoms with Gasteiger partial charge in [0, 0.05) is 111 Å². The van der Waals surface area contributed by atoms with E-state index in [1.165, 1.54) is 67.8 Å². The molecule has 0 unspecified atom stereocenters. The summed E-state index contributed by atoms with van der Waals surface area (Å²) in [6.45, 7) is 9.44. The highest BCUT2D eigenvalue weighted by Gasteiger charge is 2.54. The predicted octanol–water partition coefficient (Wildman–Crippen LogP) is 5.48. The Balaban J connectivity index is 0.441. The Hall–Kier alpha value is -10.4. The van der Waals surface area contributed by atoms with Crippen LogP contribution in [0.25, 0.3) is 4.96 Å². The van der Waals surface area contributed by atoms with Crippen LogP contribution in [0.1, 0.15) is 104 Å². The number of nitrogens with one attached hydrogen (secondary N) is 6. The van der Waals surface area contributed by atoms with Crippen molar-refractivity contribution in [3.8, 4) is 28.7 Å². The Morgan fingerprint density at radius 2 is 1.19 bits per heavy atom. The van der Waals surface area contributed by atoms with Gasteiger partial charge in [-0.2, -0.15) is 8.42 Å². The quantitative estimate of drug-likeness (QED) is 0.00749. The zero-order valence-electron chi connectivity index (χ0n) is 74.8. The number of amides is 6. The minimum Gasteiger partial charge on any atom is -0.508 e. The van der Waals surface area contributed by atoms with Gasteiger partial charge < -0.3 is 123 Å². The lowest BCUT2D eigenvalue weighted by atomic mass is 9.77. The number of aromatic hydroxyl groups is 2. The van der Waals surface area contributed by atoms with Crippen LogP contribution in [0.3, 0.4) is 0 Å². The number of esters is 1. The van der Waals surface area contributed by atoms with Gasteiger partial charge in [0.15, 0.2) is 15.7 Å². The molecule has 7 aromatic rings. The van der Waals surface area contributed by atoms with Gasteiger partial charge in [0.2, 0.25) is 17.7 Å². The number of thiazole rings is 1. The van der Waals surface area contributed by atoms with E-state index in [1.54, 1.807) is 59.3 Å². The summed E-state index contributed by atoms with van der Waals surface area (Å²) >= 11 is 6.91. The second-order valence-corrected chi connectivity index (χ2v) is 33.8. The smallest absolute Gasteiger partial charge is 0.409 e. The summed E-state index contributed by atoms with van der Waals surface area (Å²) in [5.74, 6) is -1.70. The lowest BCUT2D eigenvalue weighted by molar-refractivity contribution is -0.168. The number of hydrogen-bond acceptors (Lipinski definition) is 33. The molecule has 11 rings (SSSR count). The number of aryl methyl sites for hydroxylation is 1. The average Bonchev–Trinajstić information content (AvgIpc) is 1.57. The average molecular weight is 1920 g/mol. The highest BCUT2D eigenvalue weighted by molar-refractivity contribution is 7.85. The maximum Gasteiger partial charge on any atom is 0.409 e. The molecule has 728 valence electrons. The second-order valence-electron chi connectivity index (χ2n) is 31.0. The van der Waals surface area contributed by atoms with Gasteiger partial charge in [-0.05, 0) is 130 Å². The molecule has 2 aliphatic heterocycles. The Labute approximate surface area is 779 Å². The number of methoxy groups -OCH3 is 1. The highest BCUT2D eigenvalue weighted by Crippen LogP contribution is 2.58. The van der Waals surface area contributed by atoms with Gasteiger partial charge in [0.1, 0.15) is 40.5 Å². The van der Waals surface area contributed by atoms with Crippen LogP contribution in [-0.2, 0) is 121 Å². The Bertz CT molecular complexity index is 4960. The normalized spacial score (nSPS) is 15.2. The molecule has 5 heterocycles. The van der Waals surface area contributed by atoms with Gasteiger partial charge >= 0.3 is 12.1 Å². The van der Waals surface area contributed by atoms with Crippen molar-refractivity contribution in [2.75, 3.05) is 236 Å². The van der Waals surface area contributed by atoms with Gasteiger partial charge in [0.05, 0.1) is 214 Å². The van der Waals surface area contributed by atoms with E-state index in [-0.39, 0.29) is 139 Å². The van der Waals surface area contributed by atoms with Crippen LogP contribution in [-0.4, -0.2) is 335 Å². The molecule has 45 heteroatoms. The number of benzene rings is 4. The van der Waals surface area contributed by atoms with E-state index in [0.717, 1.165) is 42.1 Å². The molecule has 4 atom stereocenters. The minimum atomic E-state index is -4.24. The summed E-state index contributed by atoms with van der Waals surface area (Å²) in [6, 6.07) is 18.0. The number of nitrogens with zero attached hydrogens (tertiary/aromatic N) is 7. The largest absolute Gasteiger partial charge is 0.508 e. The molecule has 0 radical (unpaired) electrons. The summed E-state index contributed by atoms with van der Waals surface area (Å²) in [6.07, 6.45) is 6.18. The fourth-order valence-electron chi connectivity index (χ4n) is 15.1. The van der Waals surface area contributed by atoms with Gasteiger partial charge in [-0.1, -0.05) is 11.3 Å². The van der Waals surface area contributed by atoms with Crippen molar-refractivity contribution in [3.63, 3.8) is 0 Å². The van der Waals surface area contributed by atoms with Crippen molar-refractivity contribution in [1.29, 1.82) is 0 Å². The number of phenolic OH excluding ortho intramolecular Hbond substituents is 2. The summed E-state index contributed by atoms with van der Waals surface area (Å²) in [5.41, 5.74) is 3.90. The molecule has 9 N–H and O–H groups in total. The molecule has 4 aliphatic rings. The van der Waals surface area contributed by atoms with E-state index in [9.17, 15) is 56.7 Å². The van der Waals surface area contributed by atoms with Crippen LogP contribution >= 0.6 is 23.6 Å². The monoisotopic (exact) mass is 1920 g/mol. The maximum atomic E-state index is 13.5. The number of phenols is 2. The number of hydroxylamine groups is 2. The van der Waals surface area contributed by atoms with Crippen LogP contribution in [0.5, 0.6) is 28.7 Å². The summed E-state index contributed by atoms with van der Waals surface area (Å²) in [7, 11) is -0.0580. The molecular formula is C88H119N13O29S3. The van der Waals surface area contributed by atoms with Crippen molar-refractivity contribution in [2.24, 2.45) is 17.8 Å². The van der Waals surface area contributed by atoms with Gasteiger partial charge in [-0.15, -0.1) is 16.4 Å². The Morgan fingerprint density at radius 3 is 1.77 bits per heavy atom. The molecule has 4 aromatic carbocycles. The van der Waals surface area contributed by atoms with Gasteiger partial charge in [0.25, 0.3) is 21.9 Å². The first kappa shape index (κ1) is 103. The summed E-state index contributed by atoms with van der Waals surface area (Å²) < 4.78 is 127. The number of carbonyl (C=O) groups excluding carboxylic acids is 7. The SMILES string of the molecule is COc1ccc(NC(=O)c2cn3ccsc3n2)cc1C(=O)NCCCC(=O)N[C@@H](CCC(=O)N(C)OC)C(=O)NCCOCCOCCOCCOCCOCCOCCOCCOCCN(CCCS(=O)(=O)O)C(=O)OC[C@H]1[C@@H]2CCc3c(nnn3CCOCCOCCOCCOCCNC(=S)Nc3ccc4c(c3)C(=O)OC43c4ccc(O)cc4Oc4cc(O)ccc43)CC[C@@H]21. The molecule has 3 aromatic heterocycles. The Morgan fingerprint density at radius 1 is 0.632 bits per heavy atom. The fraction of sp³-hybridized carbons (Fsp3) is 0.557. The number of fused-ring (bicyclic) bond motifs is 9. The van der Waals surface area contributed by atoms with E-state index in [4.69, 9.17) is 92.8 Å². The third-order valence-corrected chi connectivity index (χ3v) is 23.8. The molecule has 1 saturated carbocycles. The Kier molecular flexibility index (Phi) is 42.0. The van der Waals surface area contributed by atoms with Crippen LogP contribution in [0, 0.1) is 17.8 Å². The molecule has 42 nitrogen and oxygen atoms in total. The number of ether oxygens (including phenoxy) is 16. The van der Waals surface area contributed by atoms with Crippen LogP contribution in [0.15, 0.2) is 90.6 Å². The molecule has 6 amide bonds. The first-order valence-electron chi connectivity index (χ1n) is 44.2. The van der Waals surface area contributed by atoms with Crippen molar-refractivity contribution in [2.45, 2.75) is 76.0 Å². The predicted molar refractivity (Wildman–Crippen MR) is 483 cm³/mol. The number of anilines is 2. The van der Waals surface area contributed by atoms with E-state index >= 15 is 0 Å². The summed E-state index contributed by atoms with van der Waals surface area (Å²) in [4.78, 5) is 103. The number of rotatable bonds is 63.